The van der Waals surface area contributed by atoms with Gasteiger partial charge in [-0.25, -0.2) is 4.79 Å². The first-order valence-corrected chi connectivity index (χ1v) is 7.29. The first-order chi connectivity index (χ1) is 10.2. The van der Waals surface area contributed by atoms with Crippen molar-refractivity contribution >= 4 is 11.9 Å². The molecule has 0 N–H and O–H groups in total. The van der Waals surface area contributed by atoms with Gasteiger partial charge in [0, 0.05) is 13.1 Å². The number of rotatable bonds is 4. The molecule has 1 aromatic rings. The van der Waals surface area contributed by atoms with Gasteiger partial charge in [-0.15, -0.1) is 0 Å². The molecule has 1 aliphatic heterocycles. The summed E-state index contributed by atoms with van der Waals surface area (Å²) in [5, 5.41) is 0. The van der Waals surface area contributed by atoms with Crippen LogP contribution in [0.3, 0.4) is 0 Å². The zero-order valence-electron chi connectivity index (χ0n) is 12.3. The number of likely N-dealkylation sites (tertiary alicyclic amines) is 1. The smallest absolute Gasteiger partial charge is 0.338 e. The van der Waals surface area contributed by atoms with E-state index >= 15 is 0 Å². The highest BCUT2D eigenvalue weighted by molar-refractivity contribution is 5.91. The molecule has 1 saturated heterocycles. The number of carbonyl (C=O) groups is 2. The molecular weight excluding hydrogens is 270 g/mol. The third-order valence-electron chi connectivity index (χ3n) is 3.59. The predicted molar refractivity (Wildman–Crippen MR) is 78.3 cm³/mol. The van der Waals surface area contributed by atoms with Crippen LogP contribution in [-0.2, 0) is 9.53 Å². The van der Waals surface area contributed by atoms with Crippen LogP contribution in [0.25, 0.3) is 0 Å². The summed E-state index contributed by atoms with van der Waals surface area (Å²) in [6.07, 6.45) is 4.37. The number of benzene rings is 1. The van der Waals surface area contributed by atoms with E-state index in [0.29, 0.717) is 11.3 Å². The van der Waals surface area contributed by atoms with E-state index in [1.54, 1.807) is 29.2 Å². The maximum Gasteiger partial charge on any atom is 0.338 e. The molecular formula is C16H21NO4. The molecule has 0 bridgehead atoms. The van der Waals surface area contributed by atoms with Gasteiger partial charge in [0.1, 0.15) is 5.75 Å². The average Bonchev–Trinajstić information content (AvgIpc) is 2.81. The van der Waals surface area contributed by atoms with Crippen LogP contribution < -0.4 is 4.74 Å². The molecule has 114 valence electrons. The van der Waals surface area contributed by atoms with Gasteiger partial charge in [0.25, 0.3) is 5.91 Å². The van der Waals surface area contributed by atoms with Gasteiger partial charge in [0.05, 0.1) is 12.7 Å². The molecule has 1 aliphatic rings. The number of hydrogen-bond acceptors (Lipinski definition) is 4. The largest absolute Gasteiger partial charge is 0.497 e. The van der Waals surface area contributed by atoms with Crippen molar-refractivity contribution in [2.24, 2.45) is 0 Å². The van der Waals surface area contributed by atoms with E-state index in [-0.39, 0.29) is 12.5 Å². The van der Waals surface area contributed by atoms with Crippen LogP contribution in [-0.4, -0.2) is 43.6 Å². The van der Waals surface area contributed by atoms with Crippen molar-refractivity contribution in [3.8, 4) is 5.75 Å². The second-order valence-corrected chi connectivity index (χ2v) is 5.10. The molecule has 1 fully saturated rings. The SMILES string of the molecule is COc1cccc(C(=O)OCC(=O)N2CCCCCC2)c1. The maximum atomic E-state index is 12.0. The number of amides is 1. The first-order valence-electron chi connectivity index (χ1n) is 7.29. The van der Waals surface area contributed by atoms with Crippen LogP contribution in [0.1, 0.15) is 36.0 Å². The molecule has 0 spiro atoms. The Morgan fingerprint density at radius 1 is 1.14 bits per heavy atom. The molecule has 2 rings (SSSR count). The van der Waals surface area contributed by atoms with Crippen LogP contribution >= 0.6 is 0 Å². The van der Waals surface area contributed by atoms with Crippen molar-refractivity contribution < 1.29 is 19.1 Å². The van der Waals surface area contributed by atoms with Crippen LogP contribution in [0.5, 0.6) is 5.75 Å². The number of esters is 1. The molecule has 1 heterocycles. The fourth-order valence-corrected chi connectivity index (χ4v) is 2.37. The van der Waals surface area contributed by atoms with Gasteiger partial charge in [0.15, 0.2) is 6.61 Å². The molecule has 1 aromatic carbocycles. The Balaban J connectivity index is 1.86. The lowest BCUT2D eigenvalue weighted by Gasteiger charge is -2.19. The Labute approximate surface area is 124 Å². The summed E-state index contributed by atoms with van der Waals surface area (Å²) in [7, 11) is 1.54. The lowest BCUT2D eigenvalue weighted by molar-refractivity contribution is -0.134. The highest BCUT2D eigenvalue weighted by Crippen LogP contribution is 2.14. The number of carbonyl (C=O) groups excluding carboxylic acids is 2. The fraction of sp³-hybridized carbons (Fsp3) is 0.500. The molecule has 21 heavy (non-hydrogen) atoms. The minimum Gasteiger partial charge on any atom is -0.497 e. The van der Waals surface area contributed by atoms with Crippen molar-refractivity contribution in [1.29, 1.82) is 0 Å². The highest BCUT2D eigenvalue weighted by atomic mass is 16.5. The monoisotopic (exact) mass is 291 g/mol. The van der Waals surface area contributed by atoms with E-state index in [2.05, 4.69) is 0 Å². The Morgan fingerprint density at radius 3 is 2.52 bits per heavy atom. The summed E-state index contributed by atoms with van der Waals surface area (Å²) >= 11 is 0. The van der Waals surface area contributed by atoms with Gasteiger partial charge in [-0.3, -0.25) is 4.79 Å². The minimum absolute atomic E-state index is 0.117. The molecule has 0 atom stereocenters. The lowest BCUT2D eigenvalue weighted by atomic mass is 10.2. The lowest BCUT2D eigenvalue weighted by Crippen LogP contribution is -2.35. The molecule has 0 aromatic heterocycles. The number of methoxy groups -OCH3 is 1. The third kappa shape index (κ3) is 4.48. The zero-order valence-corrected chi connectivity index (χ0v) is 12.3. The van der Waals surface area contributed by atoms with Gasteiger partial charge in [0.2, 0.25) is 0 Å². The molecule has 1 amide bonds. The Hall–Kier alpha value is -2.04. The van der Waals surface area contributed by atoms with E-state index in [4.69, 9.17) is 9.47 Å². The summed E-state index contributed by atoms with van der Waals surface area (Å²) in [6, 6.07) is 6.70. The predicted octanol–water partition coefficient (Wildman–Crippen LogP) is 2.25. The Morgan fingerprint density at radius 2 is 1.86 bits per heavy atom. The third-order valence-corrected chi connectivity index (χ3v) is 3.59. The zero-order chi connectivity index (χ0) is 15.1. The molecule has 0 unspecified atom stereocenters. The van der Waals surface area contributed by atoms with Crippen molar-refractivity contribution in [2.75, 3.05) is 26.8 Å². The van der Waals surface area contributed by atoms with Crippen molar-refractivity contribution in [3.05, 3.63) is 29.8 Å². The summed E-state index contributed by atoms with van der Waals surface area (Å²) in [6.45, 7) is 1.32. The quantitative estimate of drug-likeness (QED) is 0.798. The normalized spacial score (nSPS) is 15.2. The van der Waals surface area contributed by atoms with E-state index in [1.807, 2.05) is 0 Å². The molecule has 5 heteroatoms. The number of hydrogen-bond donors (Lipinski definition) is 0. The van der Waals surface area contributed by atoms with Crippen LogP contribution in [0.15, 0.2) is 24.3 Å². The molecule has 0 saturated carbocycles. The van der Waals surface area contributed by atoms with Gasteiger partial charge in [-0.2, -0.15) is 0 Å². The first kappa shape index (κ1) is 15.4. The van der Waals surface area contributed by atoms with Gasteiger partial charge >= 0.3 is 5.97 Å². The summed E-state index contributed by atoms with van der Waals surface area (Å²) < 4.78 is 10.2. The summed E-state index contributed by atoms with van der Waals surface area (Å²) in [5.41, 5.74) is 0.387. The maximum absolute atomic E-state index is 12.0. The summed E-state index contributed by atoms with van der Waals surface area (Å²) in [5.74, 6) is -0.0338. The highest BCUT2D eigenvalue weighted by Gasteiger charge is 2.17. The van der Waals surface area contributed by atoms with E-state index in [9.17, 15) is 9.59 Å². The second kappa shape index (κ2) is 7.67. The van der Waals surface area contributed by atoms with Crippen molar-refractivity contribution in [2.45, 2.75) is 25.7 Å². The molecule has 0 aliphatic carbocycles. The molecule has 0 radical (unpaired) electrons. The second-order valence-electron chi connectivity index (χ2n) is 5.10. The average molecular weight is 291 g/mol. The van der Waals surface area contributed by atoms with Crippen LogP contribution in [0.2, 0.25) is 0 Å². The fourth-order valence-electron chi connectivity index (χ4n) is 2.37. The van der Waals surface area contributed by atoms with E-state index < -0.39 is 5.97 Å². The Bertz CT molecular complexity index is 493. The molecule has 5 nitrogen and oxygen atoms in total. The summed E-state index contributed by atoms with van der Waals surface area (Å²) in [4.78, 5) is 25.7. The Kier molecular flexibility index (Phi) is 5.60. The van der Waals surface area contributed by atoms with Crippen molar-refractivity contribution in [3.63, 3.8) is 0 Å². The van der Waals surface area contributed by atoms with Gasteiger partial charge < -0.3 is 14.4 Å². The van der Waals surface area contributed by atoms with Gasteiger partial charge in [-0.1, -0.05) is 18.9 Å². The van der Waals surface area contributed by atoms with Gasteiger partial charge in [-0.05, 0) is 31.0 Å². The minimum atomic E-state index is -0.503. The number of ether oxygens (including phenoxy) is 2. The van der Waals surface area contributed by atoms with Crippen LogP contribution in [0, 0.1) is 0 Å². The topological polar surface area (TPSA) is 55.8 Å². The van der Waals surface area contributed by atoms with Crippen molar-refractivity contribution in [1.82, 2.24) is 4.90 Å². The standard InChI is InChI=1S/C16H21NO4/c1-20-14-8-6-7-13(11-14)16(19)21-12-15(18)17-9-4-2-3-5-10-17/h6-8,11H,2-5,9-10,12H2,1H3. The number of nitrogens with zero attached hydrogens (tertiary/aromatic N) is 1. The van der Waals surface area contributed by atoms with E-state index in [1.165, 1.54) is 7.11 Å². The van der Waals surface area contributed by atoms with E-state index in [0.717, 1.165) is 38.8 Å². The van der Waals surface area contributed by atoms with Crippen LogP contribution in [0.4, 0.5) is 0 Å².